The molecule has 1 rings (SSSR count). The van der Waals surface area contributed by atoms with E-state index in [9.17, 15) is 4.79 Å². The molecule has 76 valence electrons. The van der Waals surface area contributed by atoms with Crippen LogP contribution in [0.4, 0.5) is 4.79 Å². The normalized spacial score (nSPS) is 9.71. The second-order valence-corrected chi connectivity index (χ2v) is 2.74. The Morgan fingerprint density at radius 3 is 2.64 bits per heavy atom. The monoisotopic (exact) mass is 197 g/mol. The van der Waals surface area contributed by atoms with Crippen molar-refractivity contribution in [2.75, 3.05) is 6.61 Å². The third-order valence-electron chi connectivity index (χ3n) is 1.67. The number of hydrogen-bond donors (Lipinski definition) is 3. The van der Waals surface area contributed by atoms with Gasteiger partial charge in [-0.25, -0.2) is 4.79 Å². The van der Waals surface area contributed by atoms with Gasteiger partial charge in [0.1, 0.15) is 0 Å². The number of primary amides is 1. The Labute approximate surface area is 80.7 Å². The van der Waals surface area contributed by atoms with E-state index in [0.717, 1.165) is 5.56 Å². The summed E-state index contributed by atoms with van der Waals surface area (Å²) >= 11 is 0. The first-order chi connectivity index (χ1) is 6.59. The van der Waals surface area contributed by atoms with Gasteiger partial charge >= 0.3 is 6.09 Å². The van der Waals surface area contributed by atoms with Gasteiger partial charge in [-0.1, -0.05) is 6.07 Å². The number of benzene rings is 1. The lowest BCUT2D eigenvalue weighted by atomic mass is 10.1. The summed E-state index contributed by atoms with van der Waals surface area (Å²) in [4.78, 5) is 10.2. The van der Waals surface area contributed by atoms with Crippen LogP contribution in [0.25, 0.3) is 0 Å². The number of aromatic hydroxyl groups is 2. The molecule has 0 aliphatic heterocycles. The van der Waals surface area contributed by atoms with E-state index >= 15 is 0 Å². The highest BCUT2D eigenvalue weighted by atomic mass is 16.5. The molecule has 14 heavy (non-hydrogen) atoms. The van der Waals surface area contributed by atoms with Crippen LogP contribution < -0.4 is 5.73 Å². The second kappa shape index (κ2) is 4.36. The Kier molecular flexibility index (Phi) is 3.17. The van der Waals surface area contributed by atoms with Crippen molar-refractivity contribution in [2.24, 2.45) is 5.73 Å². The molecular formula is C9H11NO4. The van der Waals surface area contributed by atoms with E-state index in [1.54, 1.807) is 6.07 Å². The smallest absolute Gasteiger partial charge is 0.404 e. The molecule has 0 spiro atoms. The Hall–Kier alpha value is -1.91. The minimum atomic E-state index is -0.826. The lowest BCUT2D eigenvalue weighted by Crippen LogP contribution is -2.14. The Balaban J connectivity index is 2.51. The molecule has 1 amide bonds. The number of rotatable bonds is 3. The summed E-state index contributed by atoms with van der Waals surface area (Å²) in [6, 6.07) is 4.40. The summed E-state index contributed by atoms with van der Waals surface area (Å²) in [5, 5.41) is 18.1. The van der Waals surface area contributed by atoms with Gasteiger partial charge < -0.3 is 20.7 Å². The van der Waals surface area contributed by atoms with Crippen LogP contribution in [-0.2, 0) is 11.2 Å². The molecule has 0 aliphatic carbocycles. The highest BCUT2D eigenvalue weighted by Gasteiger charge is 2.01. The first-order valence-corrected chi connectivity index (χ1v) is 4.02. The maximum atomic E-state index is 10.2. The molecule has 0 unspecified atom stereocenters. The minimum absolute atomic E-state index is 0.152. The Bertz CT molecular complexity index is 338. The number of nitrogens with two attached hydrogens (primary N) is 1. The quantitative estimate of drug-likeness (QED) is 0.623. The van der Waals surface area contributed by atoms with Crippen LogP contribution in [0.5, 0.6) is 11.5 Å². The van der Waals surface area contributed by atoms with E-state index in [-0.39, 0.29) is 18.1 Å². The van der Waals surface area contributed by atoms with Gasteiger partial charge in [-0.3, -0.25) is 0 Å². The van der Waals surface area contributed by atoms with Gasteiger partial charge in [-0.05, 0) is 17.7 Å². The van der Waals surface area contributed by atoms with Gasteiger partial charge in [0.25, 0.3) is 0 Å². The molecule has 1 aromatic carbocycles. The van der Waals surface area contributed by atoms with Crippen molar-refractivity contribution in [2.45, 2.75) is 6.42 Å². The van der Waals surface area contributed by atoms with Gasteiger partial charge in [0.05, 0.1) is 6.61 Å². The number of amides is 1. The molecule has 0 heterocycles. The number of ether oxygens (including phenoxy) is 1. The van der Waals surface area contributed by atoms with Crippen molar-refractivity contribution in [3.8, 4) is 11.5 Å². The van der Waals surface area contributed by atoms with Crippen molar-refractivity contribution in [1.29, 1.82) is 0 Å². The summed E-state index contributed by atoms with van der Waals surface area (Å²) in [5.74, 6) is -0.369. The number of phenolic OH excluding ortho intramolecular Hbond substituents is 2. The fourth-order valence-electron chi connectivity index (χ4n) is 0.994. The highest BCUT2D eigenvalue weighted by Crippen LogP contribution is 2.24. The van der Waals surface area contributed by atoms with Crippen molar-refractivity contribution in [3.05, 3.63) is 23.8 Å². The topological polar surface area (TPSA) is 92.8 Å². The molecule has 1 aromatic rings. The lowest BCUT2D eigenvalue weighted by Gasteiger charge is -2.03. The molecular weight excluding hydrogens is 186 g/mol. The summed E-state index contributed by atoms with van der Waals surface area (Å²) < 4.78 is 4.51. The average Bonchev–Trinajstić information content (AvgIpc) is 2.10. The molecule has 0 fully saturated rings. The standard InChI is InChI=1S/C9H11NO4/c10-9(13)14-4-3-6-1-2-7(11)8(12)5-6/h1-2,5,11-12H,3-4H2,(H2,10,13). The SMILES string of the molecule is NC(=O)OCCc1ccc(O)c(O)c1. The zero-order valence-electron chi connectivity index (χ0n) is 7.43. The fourth-order valence-corrected chi connectivity index (χ4v) is 0.994. The maximum absolute atomic E-state index is 10.2. The molecule has 5 heteroatoms. The maximum Gasteiger partial charge on any atom is 0.404 e. The first-order valence-electron chi connectivity index (χ1n) is 4.02. The van der Waals surface area contributed by atoms with E-state index in [1.807, 2.05) is 0 Å². The second-order valence-electron chi connectivity index (χ2n) is 2.74. The van der Waals surface area contributed by atoms with Crippen molar-refractivity contribution in [1.82, 2.24) is 0 Å². The number of hydrogen-bond acceptors (Lipinski definition) is 4. The molecule has 0 atom stereocenters. The molecule has 5 nitrogen and oxygen atoms in total. The van der Waals surface area contributed by atoms with Crippen LogP contribution in [0, 0.1) is 0 Å². The summed E-state index contributed by atoms with van der Waals surface area (Å²) in [5.41, 5.74) is 5.51. The zero-order chi connectivity index (χ0) is 10.6. The number of carbonyl (C=O) groups excluding carboxylic acids is 1. The average molecular weight is 197 g/mol. The van der Waals surface area contributed by atoms with Crippen molar-refractivity contribution >= 4 is 6.09 Å². The third-order valence-corrected chi connectivity index (χ3v) is 1.67. The minimum Gasteiger partial charge on any atom is -0.504 e. The Morgan fingerprint density at radius 1 is 1.36 bits per heavy atom. The predicted molar refractivity (Wildman–Crippen MR) is 49.0 cm³/mol. The van der Waals surface area contributed by atoms with E-state index < -0.39 is 6.09 Å². The van der Waals surface area contributed by atoms with E-state index in [0.29, 0.717) is 6.42 Å². The Morgan fingerprint density at radius 2 is 2.07 bits per heavy atom. The molecule has 0 aliphatic rings. The largest absolute Gasteiger partial charge is 0.504 e. The lowest BCUT2D eigenvalue weighted by molar-refractivity contribution is 0.158. The molecule has 0 bridgehead atoms. The molecule has 0 radical (unpaired) electrons. The van der Waals surface area contributed by atoms with Crippen LogP contribution in [0.3, 0.4) is 0 Å². The number of carbonyl (C=O) groups is 1. The fraction of sp³-hybridized carbons (Fsp3) is 0.222. The van der Waals surface area contributed by atoms with Crippen molar-refractivity contribution < 1.29 is 19.7 Å². The number of phenols is 2. The molecule has 0 aromatic heterocycles. The third kappa shape index (κ3) is 2.85. The van der Waals surface area contributed by atoms with Gasteiger partial charge in [-0.2, -0.15) is 0 Å². The van der Waals surface area contributed by atoms with Crippen LogP contribution in [0.2, 0.25) is 0 Å². The molecule has 0 saturated carbocycles. The van der Waals surface area contributed by atoms with Crippen LogP contribution in [-0.4, -0.2) is 22.9 Å². The van der Waals surface area contributed by atoms with Crippen LogP contribution in [0.15, 0.2) is 18.2 Å². The van der Waals surface area contributed by atoms with E-state index in [4.69, 9.17) is 15.9 Å². The van der Waals surface area contributed by atoms with E-state index in [2.05, 4.69) is 4.74 Å². The summed E-state index contributed by atoms with van der Waals surface area (Å²) in [6.45, 7) is 0.152. The molecule has 0 saturated heterocycles. The van der Waals surface area contributed by atoms with Gasteiger partial charge in [0.15, 0.2) is 11.5 Å². The zero-order valence-corrected chi connectivity index (χ0v) is 7.43. The van der Waals surface area contributed by atoms with Gasteiger partial charge in [0, 0.05) is 6.42 Å². The van der Waals surface area contributed by atoms with Crippen LogP contribution >= 0.6 is 0 Å². The summed E-state index contributed by atoms with van der Waals surface area (Å²) in [6.07, 6.45) is -0.385. The first kappa shape index (κ1) is 10.2. The summed E-state index contributed by atoms with van der Waals surface area (Å²) in [7, 11) is 0. The molecule has 4 N–H and O–H groups in total. The van der Waals surface area contributed by atoms with Crippen molar-refractivity contribution in [3.63, 3.8) is 0 Å². The van der Waals surface area contributed by atoms with Gasteiger partial charge in [-0.15, -0.1) is 0 Å². The predicted octanol–water partition coefficient (Wildman–Crippen LogP) is 0.736. The van der Waals surface area contributed by atoms with Gasteiger partial charge in [0.2, 0.25) is 0 Å². The van der Waals surface area contributed by atoms with Crippen LogP contribution in [0.1, 0.15) is 5.56 Å². The highest BCUT2D eigenvalue weighted by molar-refractivity contribution is 5.64. The van der Waals surface area contributed by atoms with E-state index in [1.165, 1.54) is 12.1 Å².